The first kappa shape index (κ1) is 13.7. The van der Waals surface area contributed by atoms with Crippen molar-refractivity contribution in [2.75, 3.05) is 13.6 Å². The van der Waals surface area contributed by atoms with Gasteiger partial charge < -0.3 is 4.90 Å². The van der Waals surface area contributed by atoms with Crippen LogP contribution in [0.1, 0.15) is 18.9 Å². The van der Waals surface area contributed by atoms with Crippen LogP contribution in [0, 0.1) is 0 Å². The predicted molar refractivity (Wildman–Crippen MR) is 69.2 cm³/mol. The number of rotatable bonds is 6. The fourth-order valence-electron chi connectivity index (χ4n) is 1.65. The summed E-state index contributed by atoms with van der Waals surface area (Å²) in [6, 6.07) is 10.5. The second kappa shape index (κ2) is 7.04. The molecule has 4 nitrogen and oxygen atoms in total. The van der Waals surface area contributed by atoms with Gasteiger partial charge in [-0.25, -0.2) is 5.84 Å². The van der Waals surface area contributed by atoms with Gasteiger partial charge in [0.2, 0.25) is 5.91 Å². The van der Waals surface area contributed by atoms with Crippen molar-refractivity contribution in [3.8, 4) is 0 Å². The first-order valence-corrected chi connectivity index (χ1v) is 5.87. The highest BCUT2D eigenvalue weighted by atomic mass is 16.2. The average molecular weight is 235 g/mol. The average Bonchev–Trinajstić information content (AvgIpc) is 2.36. The molecule has 0 radical (unpaired) electrons. The minimum absolute atomic E-state index is 0.121. The molecule has 0 bridgehead atoms. The second-order valence-electron chi connectivity index (χ2n) is 4.34. The topological polar surface area (TPSA) is 58.4 Å². The van der Waals surface area contributed by atoms with Crippen LogP contribution in [-0.2, 0) is 11.2 Å². The van der Waals surface area contributed by atoms with Crippen LogP contribution in [0.2, 0.25) is 0 Å². The Balaban J connectivity index is 2.34. The molecule has 1 unspecified atom stereocenters. The van der Waals surface area contributed by atoms with Crippen LogP contribution in [-0.4, -0.2) is 30.4 Å². The van der Waals surface area contributed by atoms with E-state index in [1.165, 1.54) is 5.56 Å². The van der Waals surface area contributed by atoms with Crippen LogP contribution in [0.4, 0.5) is 0 Å². The summed E-state index contributed by atoms with van der Waals surface area (Å²) < 4.78 is 0. The second-order valence-corrected chi connectivity index (χ2v) is 4.34. The van der Waals surface area contributed by atoms with Crippen molar-refractivity contribution in [2.45, 2.75) is 25.8 Å². The first-order valence-electron chi connectivity index (χ1n) is 5.87. The van der Waals surface area contributed by atoms with Crippen molar-refractivity contribution >= 4 is 5.91 Å². The molecular weight excluding hydrogens is 214 g/mol. The molecule has 1 rings (SSSR count). The normalized spacial score (nSPS) is 12.5. The number of hydrogen-bond donors (Lipinski definition) is 2. The molecule has 3 N–H and O–H groups in total. The maximum Gasteiger partial charge on any atom is 0.235 e. The van der Waals surface area contributed by atoms with Gasteiger partial charge in [-0.2, -0.15) is 0 Å². The molecule has 0 saturated heterocycles. The third-order valence-corrected chi connectivity index (χ3v) is 2.99. The van der Waals surface area contributed by atoms with Crippen LogP contribution in [0.3, 0.4) is 0 Å². The third kappa shape index (κ3) is 4.97. The molecule has 1 atom stereocenters. The van der Waals surface area contributed by atoms with Gasteiger partial charge in [0, 0.05) is 19.0 Å². The smallest absolute Gasteiger partial charge is 0.235 e. The lowest BCUT2D eigenvalue weighted by atomic mass is 10.1. The first-order chi connectivity index (χ1) is 8.13. The van der Waals surface area contributed by atoms with Crippen LogP contribution < -0.4 is 11.3 Å². The number of nitrogens with one attached hydrogen (secondary N) is 1. The SMILES string of the molecule is CC(CC(=O)NN)N(C)CCc1ccccc1. The highest BCUT2D eigenvalue weighted by Crippen LogP contribution is 2.05. The van der Waals surface area contributed by atoms with E-state index in [9.17, 15) is 4.79 Å². The van der Waals surface area contributed by atoms with Crippen molar-refractivity contribution in [3.63, 3.8) is 0 Å². The van der Waals surface area contributed by atoms with Gasteiger partial charge in [-0.3, -0.25) is 10.2 Å². The Morgan fingerprint density at radius 2 is 2.06 bits per heavy atom. The predicted octanol–water partition coefficient (Wildman–Crippen LogP) is 0.929. The minimum atomic E-state index is -0.121. The van der Waals surface area contributed by atoms with Gasteiger partial charge in [-0.1, -0.05) is 30.3 Å². The Hall–Kier alpha value is -1.39. The molecular formula is C13H21N3O. The van der Waals surface area contributed by atoms with Crippen molar-refractivity contribution in [2.24, 2.45) is 5.84 Å². The molecule has 0 fully saturated rings. The molecule has 0 spiro atoms. The Bertz CT molecular complexity index is 340. The van der Waals surface area contributed by atoms with Crippen molar-refractivity contribution in [1.29, 1.82) is 0 Å². The summed E-state index contributed by atoms with van der Waals surface area (Å²) in [4.78, 5) is 13.3. The Morgan fingerprint density at radius 3 is 2.65 bits per heavy atom. The molecule has 0 saturated carbocycles. The van der Waals surface area contributed by atoms with E-state index in [0.29, 0.717) is 6.42 Å². The lowest BCUT2D eigenvalue weighted by molar-refractivity contribution is -0.122. The number of carbonyl (C=O) groups is 1. The number of nitrogens with two attached hydrogens (primary N) is 1. The molecule has 0 aliphatic rings. The molecule has 94 valence electrons. The van der Waals surface area contributed by atoms with E-state index >= 15 is 0 Å². The highest BCUT2D eigenvalue weighted by molar-refractivity contribution is 5.75. The zero-order chi connectivity index (χ0) is 12.7. The molecule has 17 heavy (non-hydrogen) atoms. The lowest BCUT2D eigenvalue weighted by Gasteiger charge is -2.23. The number of benzene rings is 1. The van der Waals surface area contributed by atoms with E-state index in [-0.39, 0.29) is 11.9 Å². The van der Waals surface area contributed by atoms with Gasteiger partial charge in [0.25, 0.3) is 0 Å². The van der Waals surface area contributed by atoms with Gasteiger partial charge in [-0.15, -0.1) is 0 Å². The molecule has 1 aromatic carbocycles. The number of amides is 1. The standard InChI is InChI=1S/C13H21N3O/c1-11(10-13(17)15-14)16(2)9-8-12-6-4-3-5-7-12/h3-7,11H,8-10,14H2,1-2H3,(H,15,17). The summed E-state index contributed by atoms with van der Waals surface area (Å²) in [6.07, 6.45) is 1.42. The van der Waals surface area contributed by atoms with Crippen molar-refractivity contribution in [1.82, 2.24) is 10.3 Å². The van der Waals surface area contributed by atoms with Crippen LogP contribution in [0.5, 0.6) is 0 Å². The largest absolute Gasteiger partial charge is 0.303 e. The van der Waals surface area contributed by atoms with Gasteiger partial charge in [-0.05, 0) is 26.0 Å². The number of hydrazine groups is 1. The Kier molecular flexibility index (Phi) is 5.66. The van der Waals surface area contributed by atoms with Gasteiger partial charge in [0.1, 0.15) is 0 Å². The monoisotopic (exact) mass is 235 g/mol. The number of carbonyl (C=O) groups excluding carboxylic acids is 1. The summed E-state index contributed by atoms with van der Waals surface area (Å²) in [6.45, 7) is 2.96. The molecule has 0 aliphatic heterocycles. The zero-order valence-corrected chi connectivity index (χ0v) is 10.5. The van der Waals surface area contributed by atoms with E-state index in [4.69, 9.17) is 5.84 Å². The molecule has 0 aromatic heterocycles. The van der Waals surface area contributed by atoms with E-state index in [0.717, 1.165) is 13.0 Å². The lowest BCUT2D eigenvalue weighted by Crippen LogP contribution is -2.38. The summed E-state index contributed by atoms with van der Waals surface area (Å²) in [5, 5.41) is 0. The molecule has 4 heteroatoms. The third-order valence-electron chi connectivity index (χ3n) is 2.99. The molecule has 0 heterocycles. The fraction of sp³-hybridized carbons (Fsp3) is 0.462. The van der Waals surface area contributed by atoms with Crippen molar-refractivity contribution < 1.29 is 4.79 Å². The Labute approximate surface area is 103 Å². The summed E-state index contributed by atoms with van der Waals surface area (Å²) in [5.41, 5.74) is 3.47. The van der Waals surface area contributed by atoms with Crippen LogP contribution >= 0.6 is 0 Å². The van der Waals surface area contributed by atoms with Crippen molar-refractivity contribution in [3.05, 3.63) is 35.9 Å². The van der Waals surface area contributed by atoms with Crippen LogP contribution in [0.25, 0.3) is 0 Å². The maximum atomic E-state index is 11.1. The number of hydrogen-bond acceptors (Lipinski definition) is 3. The highest BCUT2D eigenvalue weighted by Gasteiger charge is 2.12. The van der Waals surface area contributed by atoms with Gasteiger partial charge in [0.15, 0.2) is 0 Å². The van der Waals surface area contributed by atoms with E-state index in [2.05, 4.69) is 22.5 Å². The summed E-state index contributed by atoms with van der Waals surface area (Å²) in [5.74, 6) is 4.95. The summed E-state index contributed by atoms with van der Waals surface area (Å²) in [7, 11) is 2.03. The molecule has 0 aliphatic carbocycles. The molecule has 1 aromatic rings. The zero-order valence-electron chi connectivity index (χ0n) is 10.5. The Morgan fingerprint density at radius 1 is 1.41 bits per heavy atom. The number of likely N-dealkylation sites (N-methyl/N-ethyl adjacent to an activating group) is 1. The minimum Gasteiger partial charge on any atom is -0.303 e. The summed E-state index contributed by atoms with van der Waals surface area (Å²) >= 11 is 0. The maximum absolute atomic E-state index is 11.1. The van der Waals surface area contributed by atoms with E-state index in [1.54, 1.807) is 0 Å². The number of nitrogens with zero attached hydrogens (tertiary/aromatic N) is 1. The fourth-order valence-corrected chi connectivity index (χ4v) is 1.65. The van der Waals surface area contributed by atoms with E-state index in [1.807, 2.05) is 32.2 Å². The quantitative estimate of drug-likeness (QED) is 0.438. The molecule has 1 amide bonds. The van der Waals surface area contributed by atoms with Gasteiger partial charge >= 0.3 is 0 Å². The van der Waals surface area contributed by atoms with Gasteiger partial charge in [0.05, 0.1) is 0 Å². The van der Waals surface area contributed by atoms with Crippen LogP contribution in [0.15, 0.2) is 30.3 Å². The van der Waals surface area contributed by atoms with E-state index < -0.39 is 0 Å².